The van der Waals surface area contributed by atoms with Crippen molar-refractivity contribution in [2.24, 2.45) is 23.2 Å². The van der Waals surface area contributed by atoms with Gasteiger partial charge in [-0.15, -0.1) is 0 Å². The molecule has 0 saturated heterocycles. The average molecular weight is 380 g/mol. The number of carbonyl (C=O) groups excluding carboxylic acids is 2. The van der Waals surface area contributed by atoms with Gasteiger partial charge in [-0.1, -0.05) is 18.2 Å². The molecular weight excluding hydrogens is 357 g/mol. The Hall–Kier alpha value is -2.05. The van der Waals surface area contributed by atoms with Crippen molar-refractivity contribution in [3.63, 3.8) is 0 Å². The maximum absolute atomic E-state index is 12.8. The van der Waals surface area contributed by atoms with Crippen molar-refractivity contribution in [2.45, 2.75) is 51.1 Å². The van der Waals surface area contributed by atoms with Gasteiger partial charge < -0.3 is 0 Å². The first kappa shape index (κ1) is 18.3. The fourth-order valence-corrected chi connectivity index (χ4v) is 5.74. The highest BCUT2D eigenvalue weighted by Gasteiger charge is 2.54. The number of hydrogen-bond donors (Lipinski definition) is 2. The molecule has 2 N–H and O–H groups in total. The van der Waals surface area contributed by atoms with E-state index in [2.05, 4.69) is 10.9 Å². The second-order valence-electron chi connectivity index (χ2n) is 8.58. The predicted molar refractivity (Wildman–Crippen MR) is 92.0 cm³/mol. The summed E-state index contributed by atoms with van der Waals surface area (Å²) in [6.07, 6.45) is 1.64. The number of rotatable bonds is 3. The summed E-state index contributed by atoms with van der Waals surface area (Å²) in [5.41, 5.74) is 4.03. The molecule has 4 aliphatic rings. The SMILES string of the molecule is O=C(Cc1cccc(C(F)(F)F)c1)NNC(=O)C12CC3CC(CC(C3)C1)C2. The molecule has 1 aromatic rings. The number of carbonyl (C=O) groups is 2. The molecule has 0 aliphatic heterocycles. The van der Waals surface area contributed by atoms with Gasteiger partial charge in [-0.05, 0) is 67.9 Å². The molecule has 0 heterocycles. The lowest BCUT2D eigenvalue weighted by molar-refractivity contribution is -0.148. The summed E-state index contributed by atoms with van der Waals surface area (Å²) >= 11 is 0. The van der Waals surface area contributed by atoms with Gasteiger partial charge in [0, 0.05) is 0 Å². The summed E-state index contributed by atoms with van der Waals surface area (Å²) in [6, 6.07) is 4.67. The topological polar surface area (TPSA) is 58.2 Å². The van der Waals surface area contributed by atoms with Crippen molar-refractivity contribution in [2.75, 3.05) is 0 Å². The maximum Gasteiger partial charge on any atom is 0.416 e. The molecule has 5 rings (SSSR count). The smallest absolute Gasteiger partial charge is 0.273 e. The predicted octanol–water partition coefficient (Wildman–Crippen LogP) is 3.61. The van der Waals surface area contributed by atoms with Crippen LogP contribution in [0.15, 0.2) is 24.3 Å². The fraction of sp³-hybridized carbons (Fsp3) is 0.600. The Morgan fingerprint density at radius 2 is 1.59 bits per heavy atom. The molecule has 27 heavy (non-hydrogen) atoms. The molecule has 2 amide bonds. The minimum absolute atomic E-state index is 0.140. The van der Waals surface area contributed by atoms with Gasteiger partial charge in [-0.2, -0.15) is 13.2 Å². The highest BCUT2D eigenvalue weighted by molar-refractivity contribution is 5.86. The van der Waals surface area contributed by atoms with Crippen LogP contribution >= 0.6 is 0 Å². The van der Waals surface area contributed by atoms with E-state index in [0.717, 1.165) is 31.4 Å². The van der Waals surface area contributed by atoms with E-state index in [1.165, 1.54) is 31.4 Å². The Balaban J connectivity index is 1.34. The van der Waals surface area contributed by atoms with Gasteiger partial charge >= 0.3 is 6.18 Å². The maximum atomic E-state index is 12.8. The Labute approximate surface area is 155 Å². The lowest BCUT2D eigenvalue weighted by Gasteiger charge is -2.55. The summed E-state index contributed by atoms with van der Waals surface area (Å²) in [5.74, 6) is 1.18. The molecule has 0 atom stereocenters. The average Bonchev–Trinajstić information content (AvgIpc) is 2.58. The van der Waals surface area contributed by atoms with E-state index >= 15 is 0 Å². The van der Waals surface area contributed by atoms with Crippen LogP contribution in [-0.4, -0.2) is 11.8 Å². The normalized spacial score (nSPS) is 31.6. The zero-order chi connectivity index (χ0) is 19.2. The number of halogens is 3. The van der Waals surface area contributed by atoms with Crippen LogP contribution in [0.4, 0.5) is 13.2 Å². The molecule has 4 fully saturated rings. The second-order valence-corrected chi connectivity index (χ2v) is 8.58. The van der Waals surface area contributed by atoms with Crippen LogP contribution < -0.4 is 10.9 Å². The highest BCUT2D eigenvalue weighted by atomic mass is 19.4. The largest absolute Gasteiger partial charge is 0.416 e. The summed E-state index contributed by atoms with van der Waals surface area (Å²) in [7, 11) is 0. The number of benzene rings is 1. The van der Waals surface area contributed by atoms with Gasteiger partial charge in [0.15, 0.2) is 0 Å². The number of nitrogens with one attached hydrogen (secondary N) is 2. The second kappa shape index (κ2) is 6.53. The monoisotopic (exact) mass is 380 g/mol. The van der Waals surface area contributed by atoms with Crippen LogP contribution in [-0.2, 0) is 22.2 Å². The Morgan fingerprint density at radius 1 is 1.00 bits per heavy atom. The molecule has 4 nitrogen and oxygen atoms in total. The standard InChI is InChI=1S/C20H23F3N2O2/c21-20(22,23)16-3-1-2-12(7-16)8-17(26)24-25-18(27)19-9-13-4-14(10-19)6-15(5-13)11-19/h1-3,7,13-15H,4-6,8-11H2,(H,24,26)(H,25,27). The Morgan fingerprint density at radius 3 is 2.15 bits per heavy atom. The van der Waals surface area contributed by atoms with Crippen LogP contribution in [0.3, 0.4) is 0 Å². The summed E-state index contributed by atoms with van der Waals surface area (Å²) < 4.78 is 38.3. The van der Waals surface area contributed by atoms with Crippen molar-refractivity contribution in [3.8, 4) is 0 Å². The van der Waals surface area contributed by atoms with Gasteiger partial charge in [0.1, 0.15) is 0 Å². The lowest BCUT2D eigenvalue weighted by atomic mass is 9.49. The van der Waals surface area contributed by atoms with Crippen LogP contribution in [0.25, 0.3) is 0 Å². The number of hydrazine groups is 1. The minimum atomic E-state index is -4.45. The van der Waals surface area contributed by atoms with E-state index < -0.39 is 17.6 Å². The molecule has 146 valence electrons. The fourth-order valence-electron chi connectivity index (χ4n) is 5.74. The van der Waals surface area contributed by atoms with Crippen molar-refractivity contribution in [1.82, 2.24) is 10.9 Å². The highest BCUT2D eigenvalue weighted by Crippen LogP contribution is 2.60. The lowest BCUT2D eigenvalue weighted by Crippen LogP contribution is -2.56. The van der Waals surface area contributed by atoms with Gasteiger partial charge in [0.05, 0.1) is 17.4 Å². The quantitative estimate of drug-likeness (QED) is 0.787. The van der Waals surface area contributed by atoms with Crippen LogP contribution in [0, 0.1) is 23.2 Å². The van der Waals surface area contributed by atoms with Crippen LogP contribution in [0.2, 0.25) is 0 Å². The molecule has 4 aliphatic carbocycles. The number of amides is 2. The van der Waals surface area contributed by atoms with E-state index in [0.29, 0.717) is 17.8 Å². The number of alkyl halides is 3. The van der Waals surface area contributed by atoms with Crippen LogP contribution in [0.5, 0.6) is 0 Å². The summed E-state index contributed by atoms with van der Waals surface area (Å²) in [4.78, 5) is 24.9. The van der Waals surface area contributed by atoms with Gasteiger partial charge in [0.2, 0.25) is 11.8 Å². The zero-order valence-electron chi connectivity index (χ0n) is 14.9. The Bertz CT molecular complexity index is 725. The summed E-state index contributed by atoms with van der Waals surface area (Å²) in [5, 5.41) is 0. The first-order chi connectivity index (χ1) is 12.7. The van der Waals surface area contributed by atoms with E-state index in [4.69, 9.17) is 0 Å². The van der Waals surface area contributed by atoms with E-state index in [-0.39, 0.29) is 23.3 Å². The van der Waals surface area contributed by atoms with E-state index in [9.17, 15) is 22.8 Å². The molecule has 0 aromatic heterocycles. The molecule has 7 heteroatoms. The third-order valence-corrected chi connectivity index (χ3v) is 6.45. The van der Waals surface area contributed by atoms with Crippen molar-refractivity contribution in [3.05, 3.63) is 35.4 Å². The number of hydrogen-bond acceptors (Lipinski definition) is 2. The van der Waals surface area contributed by atoms with Crippen molar-refractivity contribution >= 4 is 11.8 Å². The molecule has 0 radical (unpaired) electrons. The van der Waals surface area contributed by atoms with Crippen LogP contribution in [0.1, 0.15) is 49.7 Å². The molecule has 1 aromatic carbocycles. The molecule has 0 spiro atoms. The van der Waals surface area contributed by atoms with Gasteiger partial charge in [0.25, 0.3) is 0 Å². The molecular formula is C20H23F3N2O2. The molecule has 0 unspecified atom stereocenters. The van der Waals surface area contributed by atoms with Crippen molar-refractivity contribution in [1.29, 1.82) is 0 Å². The third kappa shape index (κ3) is 3.69. The van der Waals surface area contributed by atoms with E-state index in [1.54, 1.807) is 0 Å². The molecule has 4 saturated carbocycles. The minimum Gasteiger partial charge on any atom is -0.273 e. The zero-order valence-corrected chi connectivity index (χ0v) is 14.9. The summed E-state index contributed by atoms with van der Waals surface area (Å²) in [6.45, 7) is 0. The van der Waals surface area contributed by atoms with Crippen molar-refractivity contribution < 1.29 is 22.8 Å². The third-order valence-electron chi connectivity index (χ3n) is 6.45. The van der Waals surface area contributed by atoms with Gasteiger partial charge in [-0.3, -0.25) is 20.4 Å². The Kier molecular flexibility index (Phi) is 4.43. The van der Waals surface area contributed by atoms with E-state index in [1.807, 2.05) is 0 Å². The molecule has 4 bridgehead atoms. The van der Waals surface area contributed by atoms with Gasteiger partial charge in [-0.25, -0.2) is 0 Å². The first-order valence-electron chi connectivity index (χ1n) is 9.49. The first-order valence-corrected chi connectivity index (χ1v) is 9.49.